The van der Waals surface area contributed by atoms with E-state index in [-0.39, 0.29) is 29.2 Å². The molecule has 2 heterocycles. The molecule has 220 valence electrons. The van der Waals surface area contributed by atoms with Gasteiger partial charge in [0.2, 0.25) is 0 Å². The van der Waals surface area contributed by atoms with Crippen molar-refractivity contribution in [2.24, 2.45) is 0 Å². The molecule has 2 aromatic heterocycles. The molecule has 4 aromatic rings. The summed E-state index contributed by atoms with van der Waals surface area (Å²) in [6, 6.07) is 12.2. The lowest BCUT2D eigenvalue weighted by Crippen LogP contribution is -2.49. The number of halogens is 2. The Kier molecular flexibility index (Phi) is 9.17. The van der Waals surface area contributed by atoms with Crippen molar-refractivity contribution in [3.63, 3.8) is 0 Å². The number of alkyl halides is 2. The van der Waals surface area contributed by atoms with Crippen molar-refractivity contribution < 1.29 is 33.1 Å². The normalized spacial score (nSPS) is 13.1. The summed E-state index contributed by atoms with van der Waals surface area (Å²) < 4.78 is 45.3. The standard InChI is InChI=1S/C28H31BF2N5O5P/c1-5-21(35(2)28(29,38)39)26-34-20-11-9-17(18-10-12-24(32-14-18)33-16-42(3,4)40)13-22(20)36(26)25-19(15-37)7-6-8-23(25)41-27(30)31/h6-15,21,27,38-39H,5,16H2,1-4H3,(H,32,33). The van der Waals surface area contributed by atoms with E-state index in [2.05, 4.69) is 10.3 Å². The van der Waals surface area contributed by atoms with E-state index in [9.17, 15) is 28.4 Å². The van der Waals surface area contributed by atoms with Crippen LogP contribution in [0.5, 0.6) is 5.75 Å². The van der Waals surface area contributed by atoms with E-state index < -0.39 is 25.6 Å². The van der Waals surface area contributed by atoms with Crippen LogP contribution in [0.15, 0.2) is 54.7 Å². The Balaban J connectivity index is 1.95. The fraction of sp³-hybridized carbons (Fsp3) is 0.321. The van der Waals surface area contributed by atoms with E-state index in [4.69, 9.17) is 17.6 Å². The molecule has 0 saturated carbocycles. The Bertz CT molecular complexity index is 1620. The summed E-state index contributed by atoms with van der Waals surface area (Å²) in [5, 5.41) is 23.4. The number of benzene rings is 2. The third kappa shape index (κ3) is 6.87. The molecule has 0 fully saturated rings. The number of aldehydes is 1. The first-order valence-electron chi connectivity index (χ1n) is 13.0. The van der Waals surface area contributed by atoms with Crippen LogP contribution < -0.4 is 10.1 Å². The van der Waals surface area contributed by atoms with E-state index >= 15 is 0 Å². The Hall–Kier alpha value is -3.64. The maximum atomic E-state index is 13.5. The molecule has 0 aliphatic rings. The van der Waals surface area contributed by atoms with Crippen LogP contribution >= 0.6 is 7.14 Å². The molecular formula is C28H31BF2N5O5P. The number of carbonyl (C=O) groups is 1. The number of pyridine rings is 1. The van der Waals surface area contributed by atoms with Crippen LogP contribution in [0.25, 0.3) is 27.8 Å². The first-order chi connectivity index (χ1) is 19.7. The smallest absolute Gasteiger partial charge is 0.387 e. The molecule has 0 spiro atoms. The van der Waals surface area contributed by atoms with Gasteiger partial charge in [-0.25, -0.2) is 9.97 Å². The number of ether oxygens (including phenoxy) is 1. The lowest BCUT2D eigenvalue weighted by Gasteiger charge is -2.36. The number of aromatic nitrogens is 3. The highest BCUT2D eigenvalue weighted by atomic mass is 31.2. The predicted molar refractivity (Wildman–Crippen MR) is 158 cm³/mol. The fourth-order valence-corrected chi connectivity index (χ4v) is 5.14. The van der Waals surface area contributed by atoms with Gasteiger partial charge >= 0.3 is 6.61 Å². The SMILES string of the molecule is [B]C(O)(O)N(C)C(CC)c1nc2ccc(-c3ccc(NCP(C)(C)=O)nc3)cc2n1-c1c(C=O)cccc1OC(F)F. The van der Waals surface area contributed by atoms with Crippen molar-refractivity contribution in [2.45, 2.75) is 31.8 Å². The van der Waals surface area contributed by atoms with Gasteiger partial charge in [-0.15, -0.1) is 0 Å². The van der Waals surface area contributed by atoms with Crippen LogP contribution in [0, 0.1) is 0 Å². The van der Waals surface area contributed by atoms with Crippen molar-refractivity contribution in [3.8, 4) is 22.6 Å². The molecule has 2 aromatic carbocycles. The first-order valence-corrected chi connectivity index (χ1v) is 15.8. The summed E-state index contributed by atoms with van der Waals surface area (Å²) in [6.45, 7) is 1.94. The summed E-state index contributed by atoms with van der Waals surface area (Å²) in [4.78, 5) is 22.4. The minimum atomic E-state index is -3.18. The summed E-state index contributed by atoms with van der Waals surface area (Å²) in [5.41, 5.74) is 2.34. The zero-order valence-electron chi connectivity index (χ0n) is 23.5. The van der Waals surface area contributed by atoms with E-state index in [1.165, 1.54) is 29.8 Å². The Labute approximate surface area is 243 Å². The maximum absolute atomic E-state index is 13.5. The second-order valence-corrected chi connectivity index (χ2v) is 13.7. The summed E-state index contributed by atoms with van der Waals surface area (Å²) in [6.07, 6.45) is 2.73. The molecule has 4 rings (SSSR count). The maximum Gasteiger partial charge on any atom is 0.387 e. The Morgan fingerprint density at radius 1 is 1.19 bits per heavy atom. The van der Waals surface area contributed by atoms with Crippen LogP contribution in [0.3, 0.4) is 0 Å². The molecule has 10 nitrogen and oxygen atoms in total. The number of rotatable bonds is 12. The second-order valence-electron chi connectivity index (χ2n) is 10.3. The van der Waals surface area contributed by atoms with Crippen LogP contribution in [0.2, 0.25) is 0 Å². The highest BCUT2D eigenvalue weighted by molar-refractivity contribution is 7.62. The van der Waals surface area contributed by atoms with E-state index in [0.29, 0.717) is 35.0 Å². The lowest BCUT2D eigenvalue weighted by molar-refractivity contribution is -0.203. The van der Waals surface area contributed by atoms with Crippen molar-refractivity contribution in [3.05, 3.63) is 66.1 Å². The molecule has 0 bridgehead atoms. The average molecular weight is 597 g/mol. The minimum absolute atomic E-state index is 0.00837. The molecule has 0 amide bonds. The van der Waals surface area contributed by atoms with Crippen LogP contribution in [-0.2, 0) is 4.57 Å². The highest BCUT2D eigenvalue weighted by Crippen LogP contribution is 2.38. The van der Waals surface area contributed by atoms with Gasteiger partial charge in [0.05, 0.1) is 30.5 Å². The van der Waals surface area contributed by atoms with Gasteiger partial charge in [0.1, 0.15) is 17.3 Å². The summed E-state index contributed by atoms with van der Waals surface area (Å²) >= 11 is 0. The number of nitrogens with one attached hydrogen (secondary N) is 1. The third-order valence-corrected chi connectivity index (χ3v) is 7.61. The number of nitrogens with zero attached hydrogens (tertiary/aromatic N) is 4. The van der Waals surface area contributed by atoms with Crippen LogP contribution in [0.4, 0.5) is 14.6 Å². The molecule has 1 unspecified atom stereocenters. The van der Waals surface area contributed by atoms with Gasteiger partial charge in [0.25, 0.3) is 0 Å². The number of anilines is 1. The Morgan fingerprint density at radius 3 is 2.48 bits per heavy atom. The largest absolute Gasteiger partial charge is 0.433 e. The molecule has 14 heteroatoms. The lowest BCUT2D eigenvalue weighted by atomic mass is 9.99. The summed E-state index contributed by atoms with van der Waals surface area (Å²) in [7, 11) is 4.66. The van der Waals surface area contributed by atoms with Crippen molar-refractivity contribution in [2.75, 3.05) is 32.0 Å². The quantitative estimate of drug-likeness (QED) is 0.0926. The molecule has 0 aliphatic carbocycles. The molecule has 1 atom stereocenters. The minimum Gasteiger partial charge on any atom is -0.433 e. The fourth-order valence-electron chi connectivity index (χ4n) is 4.60. The topological polar surface area (TPSA) is 130 Å². The zero-order chi connectivity index (χ0) is 30.8. The van der Waals surface area contributed by atoms with Gasteiger partial charge < -0.3 is 24.8 Å². The van der Waals surface area contributed by atoms with E-state index in [1.54, 1.807) is 50.7 Å². The number of hydrogen-bond acceptors (Lipinski definition) is 9. The van der Waals surface area contributed by atoms with Gasteiger partial charge in [-0.1, -0.05) is 19.1 Å². The van der Waals surface area contributed by atoms with Gasteiger partial charge in [0.15, 0.2) is 25.7 Å². The van der Waals surface area contributed by atoms with Crippen molar-refractivity contribution >= 4 is 38.1 Å². The Morgan fingerprint density at radius 2 is 1.90 bits per heavy atom. The molecule has 42 heavy (non-hydrogen) atoms. The number of aliphatic hydroxyl groups is 2. The molecule has 3 N–H and O–H groups in total. The van der Waals surface area contributed by atoms with Gasteiger partial charge in [-0.2, -0.15) is 8.78 Å². The second kappa shape index (κ2) is 12.3. The monoisotopic (exact) mass is 597 g/mol. The van der Waals surface area contributed by atoms with E-state index in [1.807, 2.05) is 6.07 Å². The van der Waals surface area contributed by atoms with Crippen molar-refractivity contribution in [1.82, 2.24) is 19.4 Å². The number of fused-ring (bicyclic) bond motifs is 1. The van der Waals surface area contributed by atoms with Crippen molar-refractivity contribution in [1.29, 1.82) is 0 Å². The molecule has 2 radical (unpaired) electrons. The van der Waals surface area contributed by atoms with Crippen LogP contribution in [-0.4, -0.2) is 82.9 Å². The number of imidazole rings is 1. The molecule has 0 aliphatic heterocycles. The van der Waals surface area contributed by atoms with Crippen LogP contribution in [0.1, 0.15) is 35.6 Å². The number of para-hydroxylation sites is 1. The highest BCUT2D eigenvalue weighted by Gasteiger charge is 2.33. The molecule has 0 saturated heterocycles. The van der Waals surface area contributed by atoms with Gasteiger partial charge in [-0.3, -0.25) is 14.3 Å². The number of carbonyl (C=O) groups excluding carboxylic acids is 1. The van der Waals surface area contributed by atoms with E-state index in [0.717, 1.165) is 10.5 Å². The predicted octanol–water partition coefficient (Wildman–Crippen LogP) is 4.64. The van der Waals surface area contributed by atoms with Gasteiger partial charge in [-0.05, 0) is 68.8 Å². The first kappa shape index (κ1) is 31.3. The average Bonchev–Trinajstić information content (AvgIpc) is 3.29. The summed E-state index contributed by atoms with van der Waals surface area (Å²) in [5.74, 6) is -2.24. The third-order valence-electron chi connectivity index (χ3n) is 6.69. The number of hydrogen-bond donors (Lipinski definition) is 3. The molecular weight excluding hydrogens is 566 g/mol. The van der Waals surface area contributed by atoms with Gasteiger partial charge in [0, 0.05) is 17.3 Å². The zero-order valence-corrected chi connectivity index (χ0v) is 24.4.